The van der Waals surface area contributed by atoms with E-state index in [1.807, 2.05) is 0 Å². The molecule has 0 bridgehead atoms. The Balaban J connectivity index is 1.97. The third-order valence-electron chi connectivity index (χ3n) is 4.00. The van der Waals surface area contributed by atoms with Gasteiger partial charge in [0.15, 0.2) is 0 Å². The topological polar surface area (TPSA) is 82.2 Å². The lowest BCUT2D eigenvalue weighted by atomic mass is 9.97. The summed E-state index contributed by atoms with van der Waals surface area (Å²) >= 11 is 0. The van der Waals surface area contributed by atoms with Crippen LogP contribution in [0.2, 0.25) is 0 Å². The van der Waals surface area contributed by atoms with Crippen molar-refractivity contribution in [3.63, 3.8) is 0 Å². The van der Waals surface area contributed by atoms with Crippen LogP contribution in [0.15, 0.2) is 11.6 Å². The minimum atomic E-state index is -1.04. The Kier molecular flexibility index (Phi) is 4.83. The molecule has 1 aliphatic rings. The van der Waals surface area contributed by atoms with Crippen molar-refractivity contribution in [3.05, 3.63) is 34.2 Å². The number of hydrogen-bond donors (Lipinski definition) is 3. The van der Waals surface area contributed by atoms with Crippen molar-refractivity contribution in [3.8, 4) is 0 Å². The third kappa shape index (κ3) is 3.54. The molecule has 1 aliphatic carbocycles. The molecule has 1 aromatic rings. The normalized spacial score (nSPS) is 14.7. The van der Waals surface area contributed by atoms with E-state index in [9.17, 15) is 9.59 Å². The molecule has 0 saturated heterocycles. The standard InChI is InChI=1S/C16H22N2O3/c1-10-13(11(2)18-14(10)16(20)21)15(19)17-9-8-12-6-4-3-5-7-12/h6,18H,3-5,7-9H2,1-2H3,(H,17,19)(H,20,21). The largest absolute Gasteiger partial charge is 0.477 e. The SMILES string of the molecule is Cc1[nH]c(C(=O)O)c(C)c1C(=O)NCCC1=CCCCC1. The first kappa shape index (κ1) is 15.4. The summed E-state index contributed by atoms with van der Waals surface area (Å²) in [4.78, 5) is 26.0. The molecule has 1 amide bonds. The molecule has 0 spiro atoms. The molecule has 1 heterocycles. The number of aryl methyl sites for hydroxylation is 1. The van der Waals surface area contributed by atoms with Crippen molar-refractivity contribution in [2.75, 3.05) is 6.54 Å². The van der Waals surface area contributed by atoms with Gasteiger partial charge in [0, 0.05) is 12.2 Å². The summed E-state index contributed by atoms with van der Waals surface area (Å²) in [6, 6.07) is 0. The zero-order valence-electron chi connectivity index (χ0n) is 12.6. The molecule has 114 valence electrons. The van der Waals surface area contributed by atoms with Gasteiger partial charge in [-0.05, 0) is 51.5 Å². The fourth-order valence-corrected chi connectivity index (χ4v) is 2.86. The van der Waals surface area contributed by atoms with Crippen molar-refractivity contribution in [1.29, 1.82) is 0 Å². The number of carbonyl (C=O) groups is 2. The molecule has 0 fully saturated rings. The fraction of sp³-hybridized carbons (Fsp3) is 0.500. The molecule has 3 N–H and O–H groups in total. The summed E-state index contributed by atoms with van der Waals surface area (Å²) in [7, 11) is 0. The van der Waals surface area contributed by atoms with E-state index < -0.39 is 5.97 Å². The Hall–Kier alpha value is -2.04. The predicted octanol–water partition coefficient (Wildman–Crippen LogP) is 2.95. The van der Waals surface area contributed by atoms with E-state index in [0.29, 0.717) is 23.4 Å². The second-order valence-corrected chi connectivity index (χ2v) is 5.54. The van der Waals surface area contributed by atoms with Gasteiger partial charge in [-0.25, -0.2) is 4.79 Å². The molecule has 21 heavy (non-hydrogen) atoms. The Morgan fingerprint density at radius 2 is 2.10 bits per heavy atom. The molecule has 0 aromatic carbocycles. The number of nitrogens with one attached hydrogen (secondary N) is 2. The molecule has 0 saturated carbocycles. The highest BCUT2D eigenvalue weighted by atomic mass is 16.4. The molecule has 5 heteroatoms. The highest BCUT2D eigenvalue weighted by Gasteiger charge is 2.21. The second kappa shape index (κ2) is 6.61. The smallest absolute Gasteiger partial charge is 0.352 e. The number of aromatic nitrogens is 1. The summed E-state index contributed by atoms with van der Waals surface area (Å²) in [5, 5.41) is 11.9. The number of amides is 1. The van der Waals surface area contributed by atoms with Crippen LogP contribution in [-0.4, -0.2) is 28.5 Å². The Morgan fingerprint density at radius 3 is 2.67 bits per heavy atom. The van der Waals surface area contributed by atoms with Crippen LogP contribution < -0.4 is 5.32 Å². The van der Waals surface area contributed by atoms with E-state index in [1.54, 1.807) is 13.8 Å². The monoisotopic (exact) mass is 290 g/mol. The number of carboxylic acids is 1. The third-order valence-corrected chi connectivity index (χ3v) is 4.00. The van der Waals surface area contributed by atoms with Crippen LogP contribution in [0.25, 0.3) is 0 Å². The maximum Gasteiger partial charge on any atom is 0.352 e. The van der Waals surface area contributed by atoms with E-state index >= 15 is 0 Å². The zero-order valence-corrected chi connectivity index (χ0v) is 12.6. The van der Waals surface area contributed by atoms with Crippen LogP contribution >= 0.6 is 0 Å². The lowest BCUT2D eigenvalue weighted by Crippen LogP contribution is -2.26. The Morgan fingerprint density at radius 1 is 1.33 bits per heavy atom. The quantitative estimate of drug-likeness (QED) is 0.729. The summed E-state index contributed by atoms with van der Waals surface area (Å²) in [5.74, 6) is -1.24. The van der Waals surface area contributed by atoms with Crippen LogP contribution in [0.1, 0.15) is 64.2 Å². The van der Waals surface area contributed by atoms with E-state index in [0.717, 1.165) is 19.3 Å². The second-order valence-electron chi connectivity index (χ2n) is 5.54. The molecule has 1 aromatic heterocycles. The van der Waals surface area contributed by atoms with Gasteiger partial charge < -0.3 is 15.4 Å². The molecule has 5 nitrogen and oxygen atoms in total. The Bertz CT molecular complexity index is 585. The molecule has 0 aliphatic heterocycles. The Labute approximate surface area is 124 Å². The first-order valence-electron chi connectivity index (χ1n) is 7.39. The number of carboxylic acid groups (broad SMARTS) is 1. The van der Waals surface area contributed by atoms with E-state index in [4.69, 9.17) is 5.11 Å². The van der Waals surface area contributed by atoms with Crippen LogP contribution in [0.3, 0.4) is 0 Å². The highest BCUT2D eigenvalue weighted by Crippen LogP contribution is 2.20. The van der Waals surface area contributed by atoms with Crippen molar-refractivity contribution in [2.45, 2.75) is 46.0 Å². The van der Waals surface area contributed by atoms with Gasteiger partial charge >= 0.3 is 5.97 Å². The van der Waals surface area contributed by atoms with Gasteiger partial charge in [-0.1, -0.05) is 11.6 Å². The lowest BCUT2D eigenvalue weighted by Gasteiger charge is -2.13. The van der Waals surface area contributed by atoms with E-state index in [1.165, 1.54) is 18.4 Å². The first-order valence-corrected chi connectivity index (χ1v) is 7.39. The van der Waals surface area contributed by atoms with Gasteiger partial charge in [-0.2, -0.15) is 0 Å². The van der Waals surface area contributed by atoms with Crippen molar-refractivity contribution >= 4 is 11.9 Å². The van der Waals surface area contributed by atoms with E-state index in [2.05, 4.69) is 16.4 Å². The van der Waals surface area contributed by atoms with Crippen LogP contribution in [0.5, 0.6) is 0 Å². The molecule has 2 rings (SSSR count). The molecular weight excluding hydrogens is 268 g/mol. The number of aromatic amines is 1. The van der Waals surface area contributed by atoms with Crippen molar-refractivity contribution in [2.24, 2.45) is 0 Å². The molecular formula is C16H22N2O3. The molecule has 0 unspecified atom stereocenters. The van der Waals surface area contributed by atoms with Gasteiger partial charge in [0.1, 0.15) is 5.69 Å². The summed E-state index contributed by atoms with van der Waals surface area (Å²) < 4.78 is 0. The fourth-order valence-electron chi connectivity index (χ4n) is 2.86. The lowest BCUT2D eigenvalue weighted by molar-refractivity contribution is 0.0690. The minimum Gasteiger partial charge on any atom is -0.477 e. The zero-order chi connectivity index (χ0) is 15.4. The summed E-state index contributed by atoms with van der Waals surface area (Å²) in [5.41, 5.74) is 3.04. The number of allylic oxidation sites excluding steroid dienone is 1. The average molecular weight is 290 g/mol. The number of aromatic carboxylic acids is 1. The average Bonchev–Trinajstić information content (AvgIpc) is 2.75. The van der Waals surface area contributed by atoms with Gasteiger partial charge in [0.2, 0.25) is 0 Å². The van der Waals surface area contributed by atoms with E-state index in [-0.39, 0.29) is 11.6 Å². The summed E-state index contributed by atoms with van der Waals surface area (Å²) in [6.07, 6.45) is 7.90. The first-order chi connectivity index (χ1) is 10.0. The highest BCUT2D eigenvalue weighted by molar-refractivity contribution is 6.00. The maximum absolute atomic E-state index is 12.2. The number of rotatable bonds is 5. The van der Waals surface area contributed by atoms with Crippen LogP contribution in [0.4, 0.5) is 0 Å². The maximum atomic E-state index is 12.2. The number of H-pyrrole nitrogens is 1. The molecule has 0 radical (unpaired) electrons. The van der Waals surface area contributed by atoms with Gasteiger partial charge in [0.25, 0.3) is 5.91 Å². The van der Waals surface area contributed by atoms with Crippen LogP contribution in [-0.2, 0) is 0 Å². The van der Waals surface area contributed by atoms with Crippen LogP contribution in [0, 0.1) is 13.8 Å². The number of hydrogen-bond acceptors (Lipinski definition) is 2. The minimum absolute atomic E-state index is 0.0904. The predicted molar refractivity (Wildman–Crippen MR) is 80.7 cm³/mol. The van der Waals surface area contributed by atoms with Crippen molar-refractivity contribution in [1.82, 2.24) is 10.3 Å². The summed E-state index contributed by atoms with van der Waals surface area (Å²) in [6.45, 7) is 3.97. The van der Waals surface area contributed by atoms with Crippen molar-refractivity contribution < 1.29 is 14.7 Å². The van der Waals surface area contributed by atoms with Gasteiger partial charge in [0.05, 0.1) is 5.56 Å². The molecule has 0 atom stereocenters. The van der Waals surface area contributed by atoms with Gasteiger partial charge in [-0.15, -0.1) is 0 Å². The van der Waals surface area contributed by atoms with Gasteiger partial charge in [-0.3, -0.25) is 4.79 Å². The number of carbonyl (C=O) groups excluding carboxylic acids is 1.